The molecule has 7 heteroatoms. The lowest BCUT2D eigenvalue weighted by Gasteiger charge is -2.35. The van der Waals surface area contributed by atoms with Gasteiger partial charge < -0.3 is 20.3 Å². The van der Waals surface area contributed by atoms with Gasteiger partial charge in [-0.05, 0) is 49.7 Å². The summed E-state index contributed by atoms with van der Waals surface area (Å²) in [4.78, 5) is 26.2. The molecule has 1 aromatic carbocycles. The summed E-state index contributed by atoms with van der Waals surface area (Å²) in [5, 5.41) is 6.63. The van der Waals surface area contributed by atoms with Gasteiger partial charge in [-0.2, -0.15) is 0 Å². The van der Waals surface area contributed by atoms with E-state index in [1.54, 1.807) is 11.8 Å². The summed E-state index contributed by atoms with van der Waals surface area (Å²) < 4.78 is 5.24. The number of carbonyl (C=O) groups excluding carboxylic acids is 2. The van der Waals surface area contributed by atoms with Crippen LogP contribution in [-0.2, 0) is 14.3 Å². The van der Waals surface area contributed by atoms with Crippen LogP contribution in [0.5, 0.6) is 0 Å². The number of rotatable bonds is 6. The number of thiocarbonyl (C=S) groups is 1. The minimum Gasteiger partial charge on any atom is -0.463 e. The quantitative estimate of drug-likeness (QED) is 0.574. The second-order valence-electron chi connectivity index (χ2n) is 6.93. The lowest BCUT2D eigenvalue weighted by molar-refractivity contribution is -0.139. The zero-order chi connectivity index (χ0) is 20.1. The third-order valence-corrected chi connectivity index (χ3v) is 4.76. The maximum absolute atomic E-state index is 12.5. The predicted molar refractivity (Wildman–Crippen MR) is 110 cm³/mol. The van der Waals surface area contributed by atoms with E-state index in [-0.39, 0.29) is 11.9 Å². The summed E-state index contributed by atoms with van der Waals surface area (Å²) in [6, 6.07) is 7.02. The number of hydrogen-bond acceptors (Lipinski definition) is 4. The molecule has 1 aliphatic heterocycles. The van der Waals surface area contributed by atoms with Crippen LogP contribution in [-0.4, -0.2) is 35.5 Å². The van der Waals surface area contributed by atoms with Gasteiger partial charge in [0.15, 0.2) is 5.11 Å². The molecule has 0 radical (unpaired) electrons. The van der Waals surface area contributed by atoms with Crippen molar-refractivity contribution in [3.05, 3.63) is 41.1 Å². The normalized spacial score (nSPS) is 17.0. The van der Waals surface area contributed by atoms with E-state index in [2.05, 4.69) is 10.6 Å². The summed E-state index contributed by atoms with van der Waals surface area (Å²) >= 11 is 5.38. The Morgan fingerprint density at radius 3 is 2.48 bits per heavy atom. The molecule has 1 aromatic rings. The van der Waals surface area contributed by atoms with E-state index < -0.39 is 6.04 Å². The smallest absolute Gasteiger partial charge is 0.338 e. The lowest BCUT2D eigenvalue weighted by atomic mass is 9.95. The molecule has 0 fully saturated rings. The fraction of sp³-hybridized carbons (Fsp3) is 0.450. The van der Waals surface area contributed by atoms with Crippen LogP contribution in [0.15, 0.2) is 35.5 Å². The Hall–Kier alpha value is -2.41. The number of carbonyl (C=O) groups is 2. The molecule has 1 atom stereocenters. The Labute approximate surface area is 166 Å². The van der Waals surface area contributed by atoms with Crippen molar-refractivity contribution in [2.24, 2.45) is 5.92 Å². The fourth-order valence-corrected chi connectivity index (χ4v) is 3.16. The molecule has 146 valence electrons. The third-order valence-electron chi connectivity index (χ3n) is 4.37. The van der Waals surface area contributed by atoms with E-state index in [0.717, 1.165) is 16.9 Å². The number of allylic oxidation sites excluding steroid dienone is 1. The Balaban J connectivity index is 2.27. The Kier molecular flexibility index (Phi) is 6.96. The Bertz CT molecular complexity index is 756. The van der Waals surface area contributed by atoms with Gasteiger partial charge in [-0.25, -0.2) is 4.79 Å². The Morgan fingerprint density at radius 1 is 1.30 bits per heavy atom. The van der Waals surface area contributed by atoms with Gasteiger partial charge in [0.1, 0.15) is 0 Å². The van der Waals surface area contributed by atoms with Crippen molar-refractivity contribution in [3.63, 3.8) is 0 Å². The number of esters is 1. The molecule has 2 rings (SSSR count). The summed E-state index contributed by atoms with van der Waals surface area (Å²) in [7, 11) is 1.81. The first-order valence-corrected chi connectivity index (χ1v) is 9.47. The second-order valence-corrected chi connectivity index (χ2v) is 7.32. The third kappa shape index (κ3) is 5.07. The van der Waals surface area contributed by atoms with Crippen molar-refractivity contribution in [3.8, 4) is 0 Å². The molecular formula is C20H27N3O3S. The van der Waals surface area contributed by atoms with Crippen molar-refractivity contribution >= 4 is 34.9 Å². The minimum atomic E-state index is -0.395. The van der Waals surface area contributed by atoms with Crippen molar-refractivity contribution in [2.45, 2.75) is 40.2 Å². The molecule has 0 saturated carbocycles. The molecule has 1 aliphatic rings. The molecule has 27 heavy (non-hydrogen) atoms. The van der Waals surface area contributed by atoms with Crippen LogP contribution in [0.2, 0.25) is 0 Å². The largest absolute Gasteiger partial charge is 0.463 e. The highest BCUT2D eigenvalue weighted by Crippen LogP contribution is 2.31. The molecule has 0 spiro atoms. The number of nitrogens with one attached hydrogen (secondary N) is 2. The van der Waals surface area contributed by atoms with Crippen LogP contribution in [0.4, 0.5) is 5.69 Å². The average molecular weight is 390 g/mol. The van der Waals surface area contributed by atoms with Crippen molar-refractivity contribution in [1.82, 2.24) is 10.2 Å². The van der Waals surface area contributed by atoms with Crippen molar-refractivity contribution < 1.29 is 14.3 Å². The van der Waals surface area contributed by atoms with Gasteiger partial charge in [-0.3, -0.25) is 4.79 Å². The summed E-state index contributed by atoms with van der Waals surface area (Å²) in [6.07, 6.45) is 0.474. The zero-order valence-corrected chi connectivity index (χ0v) is 17.3. The monoisotopic (exact) mass is 389 g/mol. The zero-order valence-electron chi connectivity index (χ0n) is 16.5. The van der Waals surface area contributed by atoms with Crippen LogP contribution in [0, 0.1) is 5.92 Å². The van der Waals surface area contributed by atoms with Crippen LogP contribution in [0.25, 0.3) is 0 Å². The fourth-order valence-electron chi connectivity index (χ4n) is 2.90. The van der Waals surface area contributed by atoms with E-state index in [0.29, 0.717) is 29.6 Å². The summed E-state index contributed by atoms with van der Waals surface area (Å²) in [5.41, 5.74) is 2.88. The summed E-state index contributed by atoms with van der Waals surface area (Å²) in [6.45, 7) is 7.94. The summed E-state index contributed by atoms with van der Waals surface area (Å²) in [5.74, 6) is -0.0792. The lowest BCUT2D eigenvalue weighted by Crippen LogP contribution is -2.46. The van der Waals surface area contributed by atoms with Crippen LogP contribution >= 0.6 is 12.2 Å². The topological polar surface area (TPSA) is 70.7 Å². The van der Waals surface area contributed by atoms with E-state index in [4.69, 9.17) is 17.0 Å². The highest BCUT2D eigenvalue weighted by molar-refractivity contribution is 7.80. The maximum Gasteiger partial charge on any atom is 0.338 e. The van der Waals surface area contributed by atoms with Gasteiger partial charge in [0.25, 0.3) is 0 Å². The van der Waals surface area contributed by atoms with Gasteiger partial charge in [0.2, 0.25) is 5.91 Å². The molecular weight excluding hydrogens is 362 g/mol. The highest BCUT2D eigenvalue weighted by atomic mass is 32.1. The van der Waals surface area contributed by atoms with E-state index >= 15 is 0 Å². The average Bonchev–Trinajstić information content (AvgIpc) is 2.59. The SMILES string of the molecule is CCOC(=O)C1=C(C)N(C)C(=S)NC1c1ccc(NC(=O)CC(C)C)cc1. The first kappa shape index (κ1) is 20.9. The van der Waals surface area contributed by atoms with Crippen LogP contribution in [0.1, 0.15) is 45.7 Å². The molecule has 0 aromatic heterocycles. The number of ether oxygens (including phenoxy) is 1. The first-order chi connectivity index (χ1) is 12.7. The predicted octanol–water partition coefficient (Wildman–Crippen LogP) is 3.37. The van der Waals surface area contributed by atoms with Gasteiger partial charge >= 0.3 is 5.97 Å². The molecule has 1 heterocycles. The van der Waals surface area contributed by atoms with E-state index in [1.807, 2.05) is 52.1 Å². The molecule has 1 amide bonds. The molecule has 0 aliphatic carbocycles. The second kappa shape index (κ2) is 8.99. The van der Waals surface area contributed by atoms with E-state index in [9.17, 15) is 9.59 Å². The maximum atomic E-state index is 12.5. The number of amides is 1. The first-order valence-electron chi connectivity index (χ1n) is 9.06. The standard InChI is InChI=1S/C20H27N3O3S/c1-6-26-19(25)17-13(4)23(5)20(27)22-18(17)14-7-9-15(10-8-14)21-16(24)11-12(2)3/h7-10,12,18H,6,11H2,1-5H3,(H,21,24)(H,22,27). The number of hydrogen-bond donors (Lipinski definition) is 2. The van der Waals surface area contributed by atoms with Gasteiger partial charge in [-0.1, -0.05) is 26.0 Å². The number of benzene rings is 1. The molecule has 2 N–H and O–H groups in total. The van der Waals surface area contributed by atoms with Gasteiger partial charge in [0, 0.05) is 24.9 Å². The van der Waals surface area contributed by atoms with Crippen molar-refractivity contribution in [1.29, 1.82) is 0 Å². The molecule has 0 saturated heterocycles. The highest BCUT2D eigenvalue weighted by Gasteiger charge is 2.33. The van der Waals surface area contributed by atoms with Crippen molar-refractivity contribution in [2.75, 3.05) is 19.0 Å². The van der Waals surface area contributed by atoms with Crippen LogP contribution in [0.3, 0.4) is 0 Å². The Morgan fingerprint density at radius 2 is 1.93 bits per heavy atom. The minimum absolute atomic E-state index is 0.0145. The van der Waals surface area contributed by atoms with Gasteiger partial charge in [-0.15, -0.1) is 0 Å². The molecule has 6 nitrogen and oxygen atoms in total. The number of anilines is 1. The van der Waals surface area contributed by atoms with Gasteiger partial charge in [0.05, 0.1) is 18.2 Å². The molecule has 0 bridgehead atoms. The number of nitrogens with zero attached hydrogens (tertiary/aromatic N) is 1. The van der Waals surface area contributed by atoms with E-state index in [1.165, 1.54) is 0 Å². The van der Waals surface area contributed by atoms with Crippen LogP contribution < -0.4 is 10.6 Å². The molecule has 1 unspecified atom stereocenters.